The van der Waals surface area contributed by atoms with Crippen LogP contribution in [0.3, 0.4) is 0 Å². The van der Waals surface area contributed by atoms with Gasteiger partial charge in [-0.1, -0.05) is 0 Å². The summed E-state index contributed by atoms with van der Waals surface area (Å²) in [6.07, 6.45) is 1.38. The standard InChI is InChI=1S/C12H30O6S4Si2/c1-13-9(7-11(23,15-3)16-4)19-21-22-20-10(14-2)8-12(24,17-5)18-6/h9-10H,7-8H2,1-6,23-24H3. The van der Waals surface area contributed by atoms with E-state index in [4.69, 9.17) is 28.4 Å². The van der Waals surface area contributed by atoms with Crippen LogP contribution in [0.5, 0.6) is 0 Å². The molecule has 0 amide bonds. The van der Waals surface area contributed by atoms with Crippen LogP contribution in [-0.4, -0.2) is 84.8 Å². The molecule has 0 bridgehead atoms. The van der Waals surface area contributed by atoms with Gasteiger partial charge in [0, 0.05) is 55.5 Å². The summed E-state index contributed by atoms with van der Waals surface area (Å²) < 4.78 is 32.8. The van der Waals surface area contributed by atoms with Gasteiger partial charge in [-0.25, -0.2) is 0 Å². The first-order valence-electron chi connectivity index (χ1n) is 7.23. The molecule has 0 aliphatic rings. The third-order valence-electron chi connectivity index (χ3n) is 3.65. The minimum atomic E-state index is -0.509. The van der Waals surface area contributed by atoms with Crippen LogP contribution in [0.15, 0.2) is 0 Å². The first kappa shape index (κ1) is 25.6. The zero-order chi connectivity index (χ0) is 18.6. The van der Waals surface area contributed by atoms with E-state index in [1.54, 1.807) is 83.9 Å². The van der Waals surface area contributed by atoms with E-state index >= 15 is 0 Å². The van der Waals surface area contributed by atoms with E-state index in [1.165, 1.54) is 0 Å². The smallest absolute Gasteiger partial charge is 0.144 e. The highest BCUT2D eigenvalue weighted by atomic mass is 33.7. The zero-order valence-electron chi connectivity index (χ0n) is 15.7. The Kier molecular flexibility index (Phi) is 14.6. The van der Waals surface area contributed by atoms with Gasteiger partial charge in [-0.3, -0.25) is 0 Å². The lowest BCUT2D eigenvalue weighted by Crippen LogP contribution is -2.37. The minimum Gasteiger partial charge on any atom is -0.370 e. The first-order valence-corrected chi connectivity index (χ1v) is 14.2. The average molecular weight is 455 g/mol. The van der Waals surface area contributed by atoms with Crippen LogP contribution in [0.25, 0.3) is 0 Å². The van der Waals surface area contributed by atoms with Crippen LogP contribution in [-0.2, 0) is 28.4 Å². The number of hydrogen-bond donors (Lipinski definition) is 0. The summed E-state index contributed by atoms with van der Waals surface area (Å²) in [7, 11) is 18.2. The van der Waals surface area contributed by atoms with Gasteiger partial charge in [0.1, 0.15) is 21.7 Å². The second-order valence-corrected chi connectivity index (χ2v) is 14.3. The van der Waals surface area contributed by atoms with E-state index in [-0.39, 0.29) is 10.9 Å². The Bertz CT molecular complexity index is 294. The van der Waals surface area contributed by atoms with Gasteiger partial charge in [0.25, 0.3) is 0 Å². The normalized spacial score (nSPS) is 15.8. The van der Waals surface area contributed by atoms with E-state index < -0.39 is 10.8 Å². The second kappa shape index (κ2) is 13.7. The molecule has 146 valence electrons. The summed E-state index contributed by atoms with van der Waals surface area (Å²) in [5.41, 5.74) is -1.02. The maximum absolute atomic E-state index is 5.51. The van der Waals surface area contributed by atoms with Crippen molar-refractivity contribution in [2.75, 3.05) is 42.7 Å². The predicted molar refractivity (Wildman–Crippen MR) is 115 cm³/mol. The van der Waals surface area contributed by atoms with E-state index in [1.807, 2.05) is 0 Å². The Labute approximate surface area is 166 Å². The van der Waals surface area contributed by atoms with Crippen molar-refractivity contribution in [1.29, 1.82) is 0 Å². The molecular formula is C12H30O6S4Si2. The van der Waals surface area contributed by atoms with Crippen molar-refractivity contribution in [3.8, 4) is 0 Å². The molecule has 0 aliphatic heterocycles. The fourth-order valence-electron chi connectivity index (χ4n) is 1.54. The summed E-state index contributed by atoms with van der Waals surface area (Å²) in [4.78, 5) is 0. The molecule has 12 heteroatoms. The summed E-state index contributed by atoms with van der Waals surface area (Å²) in [5.74, 6) is 0. The Morgan fingerprint density at radius 3 is 1.17 bits per heavy atom. The Morgan fingerprint density at radius 1 is 0.667 bits per heavy atom. The third kappa shape index (κ3) is 10.1. The first-order chi connectivity index (χ1) is 11.3. The largest absolute Gasteiger partial charge is 0.370 e. The van der Waals surface area contributed by atoms with Crippen molar-refractivity contribution < 1.29 is 28.4 Å². The molecule has 24 heavy (non-hydrogen) atoms. The fourth-order valence-corrected chi connectivity index (χ4v) is 9.49. The van der Waals surface area contributed by atoms with E-state index in [2.05, 4.69) is 0 Å². The van der Waals surface area contributed by atoms with Crippen molar-refractivity contribution in [2.45, 2.75) is 34.5 Å². The Balaban J connectivity index is 4.24. The lowest BCUT2D eigenvalue weighted by atomic mass is 10.4. The average Bonchev–Trinajstić information content (AvgIpc) is 2.62. The molecule has 0 fully saturated rings. The molecule has 0 spiro atoms. The fraction of sp³-hybridized carbons (Fsp3) is 1.00. The quantitative estimate of drug-likeness (QED) is 0.155. The molecular weight excluding hydrogens is 425 g/mol. The molecule has 0 aliphatic carbocycles. The van der Waals surface area contributed by atoms with Crippen molar-refractivity contribution >= 4 is 61.7 Å². The van der Waals surface area contributed by atoms with E-state index in [0.717, 1.165) is 20.5 Å². The topological polar surface area (TPSA) is 55.4 Å². The summed E-state index contributed by atoms with van der Waals surface area (Å²) in [6.45, 7) is 0. The molecule has 0 aromatic carbocycles. The van der Waals surface area contributed by atoms with Gasteiger partial charge < -0.3 is 28.4 Å². The molecule has 2 unspecified atom stereocenters. The molecule has 0 aromatic heterocycles. The van der Waals surface area contributed by atoms with Crippen LogP contribution in [0, 0.1) is 0 Å². The SMILES string of the molecule is COC(CC([SiH3])(OC)OC)SSSSC(CC([SiH3])(OC)OC)OC. The number of rotatable bonds is 15. The molecule has 0 saturated heterocycles. The van der Waals surface area contributed by atoms with Crippen LogP contribution >= 0.6 is 41.2 Å². The second-order valence-electron chi connectivity index (χ2n) is 5.15. The van der Waals surface area contributed by atoms with Crippen molar-refractivity contribution in [2.24, 2.45) is 0 Å². The van der Waals surface area contributed by atoms with Gasteiger partial charge >= 0.3 is 0 Å². The molecule has 0 aromatic rings. The third-order valence-corrected chi connectivity index (χ3v) is 12.8. The minimum absolute atomic E-state index is 0.00267. The maximum atomic E-state index is 5.51. The predicted octanol–water partition coefficient (Wildman–Crippen LogP) is 1.01. The highest BCUT2D eigenvalue weighted by Gasteiger charge is 2.29. The van der Waals surface area contributed by atoms with Crippen molar-refractivity contribution in [1.82, 2.24) is 0 Å². The van der Waals surface area contributed by atoms with Crippen LogP contribution in [0.1, 0.15) is 12.8 Å². The van der Waals surface area contributed by atoms with Gasteiger partial charge in [0.2, 0.25) is 0 Å². The van der Waals surface area contributed by atoms with E-state index in [9.17, 15) is 0 Å². The number of hydrogen-bond acceptors (Lipinski definition) is 10. The molecule has 2 atom stereocenters. The molecule has 0 rings (SSSR count). The van der Waals surface area contributed by atoms with Gasteiger partial charge in [-0.05, 0) is 41.2 Å². The Morgan fingerprint density at radius 2 is 0.958 bits per heavy atom. The zero-order valence-corrected chi connectivity index (χ0v) is 22.9. The maximum Gasteiger partial charge on any atom is 0.144 e. The lowest BCUT2D eigenvalue weighted by molar-refractivity contribution is -0.155. The van der Waals surface area contributed by atoms with Crippen LogP contribution in [0.4, 0.5) is 0 Å². The molecule has 0 heterocycles. The van der Waals surface area contributed by atoms with Gasteiger partial charge in [0.05, 0.1) is 20.5 Å². The Hall–Kier alpha value is 1.59. The van der Waals surface area contributed by atoms with Gasteiger partial charge in [0.15, 0.2) is 0 Å². The summed E-state index contributed by atoms with van der Waals surface area (Å²) in [5, 5.41) is 0. The molecule has 6 nitrogen and oxygen atoms in total. The highest BCUT2D eigenvalue weighted by molar-refractivity contribution is 9.26. The monoisotopic (exact) mass is 454 g/mol. The molecule has 0 saturated carbocycles. The van der Waals surface area contributed by atoms with Crippen molar-refractivity contribution in [3.63, 3.8) is 0 Å². The summed E-state index contributed by atoms with van der Waals surface area (Å²) >= 11 is 0. The highest BCUT2D eigenvalue weighted by Crippen LogP contribution is 2.49. The van der Waals surface area contributed by atoms with Crippen LogP contribution < -0.4 is 0 Å². The van der Waals surface area contributed by atoms with E-state index in [0.29, 0.717) is 12.8 Å². The molecule has 0 N–H and O–H groups in total. The molecule has 0 radical (unpaired) electrons. The summed E-state index contributed by atoms with van der Waals surface area (Å²) in [6, 6.07) is 0. The number of methoxy groups -OCH3 is 6. The van der Waals surface area contributed by atoms with Gasteiger partial charge in [-0.2, -0.15) is 0 Å². The van der Waals surface area contributed by atoms with Crippen molar-refractivity contribution in [3.05, 3.63) is 0 Å². The van der Waals surface area contributed by atoms with Crippen LogP contribution in [0.2, 0.25) is 0 Å². The lowest BCUT2D eigenvalue weighted by Gasteiger charge is -2.30. The van der Waals surface area contributed by atoms with Gasteiger partial charge in [-0.15, -0.1) is 0 Å². The number of ether oxygens (including phenoxy) is 6.